The van der Waals surface area contributed by atoms with E-state index < -0.39 is 5.97 Å². The Hall–Kier alpha value is -3.06. The fraction of sp³-hybridized carbons (Fsp3) is 0.296. The van der Waals surface area contributed by atoms with Gasteiger partial charge < -0.3 is 19.7 Å². The van der Waals surface area contributed by atoms with Gasteiger partial charge in [-0.1, -0.05) is 48.0 Å². The van der Waals surface area contributed by atoms with Crippen molar-refractivity contribution < 1.29 is 24.5 Å². The van der Waals surface area contributed by atoms with Gasteiger partial charge in [-0.2, -0.15) is 0 Å². The Morgan fingerprint density at radius 1 is 1.18 bits per heavy atom. The number of aliphatic carboxylic acids is 1. The Balaban J connectivity index is 1.47. The first-order valence-electron chi connectivity index (χ1n) is 11.3. The van der Waals surface area contributed by atoms with E-state index >= 15 is 0 Å². The van der Waals surface area contributed by atoms with Crippen LogP contribution < -0.4 is 4.74 Å². The van der Waals surface area contributed by atoms with Crippen LogP contribution in [0.2, 0.25) is 5.02 Å². The minimum atomic E-state index is -0.998. The quantitative estimate of drug-likeness (QED) is 0.461. The van der Waals surface area contributed by atoms with Crippen molar-refractivity contribution >= 4 is 17.6 Å². The highest BCUT2D eigenvalue weighted by atomic mass is 35.5. The second kappa shape index (κ2) is 10.9. The summed E-state index contributed by atoms with van der Waals surface area (Å²) in [7, 11) is 0. The summed E-state index contributed by atoms with van der Waals surface area (Å²) in [5.74, 6) is -0.241. The third-order valence-corrected chi connectivity index (χ3v) is 6.31. The molecule has 3 aromatic rings. The number of carboxylic acids is 1. The Morgan fingerprint density at radius 2 is 1.94 bits per heavy atom. The van der Waals surface area contributed by atoms with E-state index in [1.54, 1.807) is 18.2 Å². The Bertz CT molecular complexity index is 1130. The van der Waals surface area contributed by atoms with Crippen molar-refractivity contribution in [3.63, 3.8) is 0 Å². The highest BCUT2D eigenvalue weighted by Crippen LogP contribution is 2.39. The summed E-state index contributed by atoms with van der Waals surface area (Å²) in [4.78, 5) is 13.0. The third kappa shape index (κ3) is 5.89. The molecule has 0 radical (unpaired) electrons. The number of aromatic hydroxyl groups is 1. The van der Waals surface area contributed by atoms with Gasteiger partial charge in [0.05, 0.1) is 12.7 Å². The Morgan fingerprint density at radius 3 is 2.68 bits per heavy atom. The molecule has 1 aliphatic rings. The molecule has 1 saturated heterocycles. The average Bonchev–Trinajstić information content (AvgIpc) is 2.83. The molecule has 34 heavy (non-hydrogen) atoms. The van der Waals surface area contributed by atoms with Crippen LogP contribution >= 0.6 is 11.6 Å². The summed E-state index contributed by atoms with van der Waals surface area (Å²) in [6.07, 6.45) is 0.562. The molecular weight excluding hydrogens is 454 g/mol. The number of rotatable bonds is 8. The SMILES string of the molecule is CC(Cc1ccc(OCC(=O)O)cc1)N1CCOC(c2c(O)cccc2-c2cccc(Cl)c2)C1. The van der Waals surface area contributed by atoms with E-state index in [9.17, 15) is 9.90 Å². The van der Waals surface area contributed by atoms with E-state index in [4.69, 9.17) is 26.2 Å². The zero-order valence-electron chi connectivity index (χ0n) is 19.0. The topological polar surface area (TPSA) is 79.2 Å². The zero-order valence-corrected chi connectivity index (χ0v) is 19.7. The number of morpholine rings is 1. The maximum absolute atomic E-state index is 10.8. The number of nitrogens with zero attached hydrogens (tertiary/aromatic N) is 1. The Kier molecular flexibility index (Phi) is 7.73. The van der Waals surface area contributed by atoms with E-state index in [1.165, 1.54) is 0 Å². The molecule has 0 saturated carbocycles. The molecule has 0 bridgehead atoms. The number of benzene rings is 3. The maximum atomic E-state index is 10.8. The third-order valence-electron chi connectivity index (χ3n) is 6.08. The molecule has 7 heteroatoms. The summed E-state index contributed by atoms with van der Waals surface area (Å²) in [5, 5.41) is 20.1. The Labute approximate surface area is 204 Å². The molecule has 0 spiro atoms. The van der Waals surface area contributed by atoms with Crippen molar-refractivity contribution in [3.05, 3.63) is 82.9 Å². The van der Waals surface area contributed by atoms with Gasteiger partial charge in [-0.3, -0.25) is 4.90 Å². The number of halogens is 1. The molecular formula is C27H28ClNO5. The summed E-state index contributed by atoms with van der Waals surface area (Å²) < 4.78 is 11.3. The van der Waals surface area contributed by atoms with Gasteiger partial charge in [0.15, 0.2) is 6.61 Å². The largest absolute Gasteiger partial charge is 0.508 e. The second-order valence-corrected chi connectivity index (χ2v) is 8.92. The number of phenols is 1. The van der Waals surface area contributed by atoms with Gasteiger partial charge in [0.25, 0.3) is 0 Å². The minimum Gasteiger partial charge on any atom is -0.508 e. The van der Waals surface area contributed by atoms with Gasteiger partial charge in [-0.15, -0.1) is 0 Å². The normalized spacial score (nSPS) is 17.3. The lowest BCUT2D eigenvalue weighted by Crippen LogP contribution is -2.44. The summed E-state index contributed by atoms with van der Waals surface area (Å²) in [6.45, 7) is 3.86. The van der Waals surface area contributed by atoms with Gasteiger partial charge in [0.1, 0.15) is 11.5 Å². The summed E-state index contributed by atoms with van der Waals surface area (Å²) in [5.41, 5.74) is 3.78. The average molecular weight is 482 g/mol. The molecule has 2 unspecified atom stereocenters. The molecule has 1 aliphatic heterocycles. The first kappa shape index (κ1) is 24.1. The number of hydrogen-bond acceptors (Lipinski definition) is 5. The zero-order chi connectivity index (χ0) is 24.1. The molecule has 0 aliphatic carbocycles. The highest BCUT2D eigenvalue weighted by molar-refractivity contribution is 6.30. The molecule has 0 aromatic heterocycles. The van der Waals surface area contributed by atoms with E-state index in [0.29, 0.717) is 23.9 Å². The van der Waals surface area contributed by atoms with Crippen molar-refractivity contribution in [2.24, 2.45) is 0 Å². The van der Waals surface area contributed by atoms with Crippen LogP contribution in [-0.4, -0.2) is 53.4 Å². The van der Waals surface area contributed by atoms with Crippen molar-refractivity contribution in [2.75, 3.05) is 26.3 Å². The van der Waals surface area contributed by atoms with Crippen molar-refractivity contribution in [2.45, 2.75) is 25.5 Å². The number of ether oxygens (including phenoxy) is 2. The van der Waals surface area contributed by atoms with E-state index in [1.807, 2.05) is 48.5 Å². The predicted octanol–water partition coefficient (Wildman–Crippen LogP) is 5.18. The van der Waals surface area contributed by atoms with Crippen molar-refractivity contribution in [1.29, 1.82) is 0 Å². The van der Waals surface area contributed by atoms with Crippen molar-refractivity contribution in [3.8, 4) is 22.6 Å². The first-order valence-corrected chi connectivity index (χ1v) is 11.7. The molecule has 2 atom stereocenters. The second-order valence-electron chi connectivity index (χ2n) is 8.48. The van der Waals surface area contributed by atoms with E-state index in [-0.39, 0.29) is 24.5 Å². The van der Waals surface area contributed by atoms with Gasteiger partial charge in [-0.05, 0) is 60.4 Å². The number of phenolic OH excluding ortho intramolecular Hbond substituents is 1. The monoisotopic (exact) mass is 481 g/mol. The highest BCUT2D eigenvalue weighted by Gasteiger charge is 2.29. The molecule has 0 amide bonds. The summed E-state index contributed by atoms with van der Waals surface area (Å²) >= 11 is 6.22. The van der Waals surface area contributed by atoms with E-state index in [2.05, 4.69) is 11.8 Å². The molecule has 4 rings (SSSR count). The van der Waals surface area contributed by atoms with Crippen molar-refractivity contribution in [1.82, 2.24) is 4.90 Å². The number of carbonyl (C=O) groups is 1. The van der Waals surface area contributed by atoms with Gasteiger partial charge >= 0.3 is 5.97 Å². The molecule has 1 fully saturated rings. The molecule has 178 valence electrons. The molecule has 1 heterocycles. The van der Waals surface area contributed by atoms with Crippen LogP contribution in [0.5, 0.6) is 11.5 Å². The van der Waals surface area contributed by atoms with Gasteiger partial charge in [-0.25, -0.2) is 4.79 Å². The molecule has 6 nitrogen and oxygen atoms in total. The maximum Gasteiger partial charge on any atom is 0.341 e. The van der Waals surface area contributed by atoms with Gasteiger partial charge in [0, 0.05) is 29.7 Å². The van der Waals surface area contributed by atoms with E-state index in [0.717, 1.165) is 35.2 Å². The lowest BCUT2D eigenvalue weighted by Gasteiger charge is -2.38. The van der Waals surface area contributed by atoms with Crippen LogP contribution in [0.1, 0.15) is 24.2 Å². The first-order chi connectivity index (χ1) is 16.4. The standard InChI is InChI=1S/C27H28ClNO5/c1-18(14-19-8-10-22(11-9-19)34-17-26(31)32)29-12-13-33-25(16-29)27-23(6-3-7-24(27)30)20-4-2-5-21(28)15-20/h2-11,15,18,25,30H,12-14,16-17H2,1H3,(H,31,32). The van der Waals surface area contributed by atoms with Crippen LogP contribution in [0, 0.1) is 0 Å². The lowest BCUT2D eigenvalue weighted by molar-refractivity contribution is -0.139. The molecule has 3 aromatic carbocycles. The van der Waals surface area contributed by atoms with Gasteiger partial charge in [0.2, 0.25) is 0 Å². The lowest BCUT2D eigenvalue weighted by atomic mass is 9.94. The van der Waals surface area contributed by atoms with Crippen LogP contribution in [0.15, 0.2) is 66.7 Å². The number of carboxylic acid groups (broad SMARTS) is 1. The summed E-state index contributed by atoms with van der Waals surface area (Å²) in [6, 6.07) is 20.9. The minimum absolute atomic E-state index is 0.217. The smallest absolute Gasteiger partial charge is 0.341 e. The van der Waals surface area contributed by atoms with Crippen LogP contribution in [-0.2, 0) is 16.0 Å². The van der Waals surface area contributed by atoms with Crippen LogP contribution in [0.3, 0.4) is 0 Å². The fourth-order valence-electron chi connectivity index (χ4n) is 4.38. The molecule has 2 N–H and O–H groups in total. The van der Waals surface area contributed by atoms with Crippen LogP contribution in [0.25, 0.3) is 11.1 Å². The number of hydrogen-bond donors (Lipinski definition) is 2. The van der Waals surface area contributed by atoms with Crippen LogP contribution in [0.4, 0.5) is 0 Å². The fourth-order valence-corrected chi connectivity index (χ4v) is 4.57. The predicted molar refractivity (Wildman–Crippen MR) is 132 cm³/mol.